The van der Waals surface area contributed by atoms with Crippen molar-refractivity contribution in [2.24, 2.45) is 0 Å². The van der Waals surface area contributed by atoms with Crippen molar-refractivity contribution in [3.05, 3.63) is 35.4 Å². The molecular weight excluding hydrogens is 270 g/mol. The van der Waals surface area contributed by atoms with E-state index in [1.54, 1.807) is 6.92 Å². The molecule has 20 heavy (non-hydrogen) atoms. The highest BCUT2D eigenvalue weighted by Crippen LogP contribution is 2.20. The Bertz CT molecular complexity index is 480. The lowest BCUT2D eigenvalue weighted by atomic mass is 9.95. The first-order chi connectivity index (χ1) is 9.48. The zero-order chi connectivity index (χ0) is 15.0. The molecule has 0 aliphatic rings. The minimum Gasteiger partial charge on any atom is -0.316 e. The highest BCUT2D eigenvalue weighted by atomic mass is 32.2. The Hall–Kier alpha value is -0.870. The van der Waals surface area contributed by atoms with Crippen LogP contribution in [0.4, 0.5) is 0 Å². The van der Waals surface area contributed by atoms with Crippen LogP contribution in [0.3, 0.4) is 0 Å². The number of rotatable bonds is 9. The summed E-state index contributed by atoms with van der Waals surface area (Å²) in [5.41, 5.74) is 2.46. The second-order valence-electron chi connectivity index (χ2n) is 5.34. The van der Waals surface area contributed by atoms with Gasteiger partial charge in [-0.1, -0.05) is 43.7 Å². The number of nitrogens with one attached hydrogen (secondary N) is 1. The molecule has 0 saturated heterocycles. The van der Waals surface area contributed by atoms with Crippen LogP contribution in [0.1, 0.15) is 43.7 Å². The fraction of sp³-hybridized carbons (Fsp3) is 0.625. The average molecular weight is 297 g/mol. The van der Waals surface area contributed by atoms with Crippen molar-refractivity contribution in [2.45, 2.75) is 39.5 Å². The van der Waals surface area contributed by atoms with Crippen LogP contribution in [-0.2, 0) is 9.84 Å². The van der Waals surface area contributed by atoms with Crippen LogP contribution in [0.15, 0.2) is 24.3 Å². The van der Waals surface area contributed by atoms with Gasteiger partial charge in [-0.25, -0.2) is 8.42 Å². The summed E-state index contributed by atoms with van der Waals surface area (Å²) in [5, 5.41) is 3.41. The van der Waals surface area contributed by atoms with Crippen molar-refractivity contribution in [1.29, 1.82) is 0 Å². The molecule has 0 aliphatic carbocycles. The fourth-order valence-corrected chi connectivity index (χ4v) is 3.08. The quantitative estimate of drug-likeness (QED) is 0.713. The summed E-state index contributed by atoms with van der Waals surface area (Å²) in [7, 11) is -2.89. The summed E-state index contributed by atoms with van der Waals surface area (Å²) in [4.78, 5) is 0. The molecule has 0 bridgehead atoms. The van der Waals surface area contributed by atoms with Crippen LogP contribution >= 0.6 is 0 Å². The molecule has 114 valence electrons. The van der Waals surface area contributed by atoms with Gasteiger partial charge in [0.05, 0.1) is 5.75 Å². The highest BCUT2D eigenvalue weighted by Gasteiger charge is 2.15. The van der Waals surface area contributed by atoms with Crippen LogP contribution < -0.4 is 5.32 Å². The summed E-state index contributed by atoms with van der Waals surface area (Å²) < 4.78 is 23.4. The smallest absolute Gasteiger partial charge is 0.150 e. The maximum atomic E-state index is 11.7. The van der Waals surface area contributed by atoms with E-state index in [4.69, 9.17) is 0 Å². The monoisotopic (exact) mass is 297 g/mol. The number of benzene rings is 1. The Morgan fingerprint density at radius 3 is 2.35 bits per heavy atom. The lowest BCUT2D eigenvalue weighted by molar-refractivity contribution is 0.554. The lowest BCUT2D eigenvalue weighted by Crippen LogP contribution is -2.24. The van der Waals surface area contributed by atoms with Crippen molar-refractivity contribution in [2.75, 3.05) is 24.6 Å². The van der Waals surface area contributed by atoms with Crippen molar-refractivity contribution >= 4 is 9.84 Å². The third kappa shape index (κ3) is 6.06. The standard InChI is InChI=1S/C16H27NO2S/c1-4-11-17-13-16(10-12-20(18,19)5-2)15-8-6-14(3)7-9-15/h6-9,16-17H,4-5,10-13H2,1-3H3. The molecule has 3 nitrogen and oxygen atoms in total. The Balaban J connectivity index is 2.71. The van der Waals surface area contributed by atoms with Gasteiger partial charge in [0, 0.05) is 12.3 Å². The predicted molar refractivity (Wildman–Crippen MR) is 86.0 cm³/mol. The van der Waals surface area contributed by atoms with Gasteiger partial charge in [0.15, 0.2) is 0 Å². The number of hydrogen-bond donors (Lipinski definition) is 1. The molecule has 1 aromatic rings. The van der Waals surface area contributed by atoms with E-state index in [2.05, 4.69) is 43.4 Å². The summed E-state index contributed by atoms with van der Waals surface area (Å²) in [6.07, 6.45) is 1.78. The number of hydrogen-bond acceptors (Lipinski definition) is 3. The minimum absolute atomic E-state index is 0.232. The predicted octanol–water partition coefficient (Wildman–Crippen LogP) is 2.90. The van der Waals surface area contributed by atoms with Gasteiger partial charge < -0.3 is 5.32 Å². The second kappa shape index (κ2) is 8.42. The van der Waals surface area contributed by atoms with Gasteiger partial charge >= 0.3 is 0 Å². The van der Waals surface area contributed by atoms with Gasteiger partial charge in [0.25, 0.3) is 0 Å². The van der Waals surface area contributed by atoms with Gasteiger partial charge in [-0.2, -0.15) is 0 Å². The molecule has 0 radical (unpaired) electrons. The van der Waals surface area contributed by atoms with Gasteiger partial charge in [-0.05, 0) is 37.8 Å². The van der Waals surface area contributed by atoms with Gasteiger partial charge in [-0.3, -0.25) is 0 Å². The van der Waals surface area contributed by atoms with E-state index in [1.165, 1.54) is 11.1 Å². The molecule has 0 spiro atoms. The van der Waals surface area contributed by atoms with Crippen LogP contribution in [0, 0.1) is 6.92 Å². The van der Waals surface area contributed by atoms with Crippen molar-refractivity contribution in [3.63, 3.8) is 0 Å². The van der Waals surface area contributed by atoms with Crippen LogP contribution in [-0.4, -0.2) is 33.0 Å². The molecule has 1 rings (SSSR count). The summed E-state index contributed by atoms with van der Waals surface area (Å²) in [6.45, 7) is 7.73. The minimum atomic E-state index is -2.89. The average Bonchev–Trinajstić information content (AvgIpc) is 2.44. The van der Waals surface area contributed by atoms with E-state index >= 15 is 0 Å². The molecule has 0 fully saturated rings. The first kappa shape index (κ1) is 17.2. The van der Waals surface area contributed by atoms with Crippen molar-refractivity contribution in [3.8, 4) is 0 Å². The first-order valence-corrected chi connectivity index (χ1v) is 9.28. The zero-order valence-corrected chi connectivity index (χ0v) is 13.7. The van der Waals surface area contributed by atoms with Crippen LogP contribution in [0.5, 0.6) is 0 Å². The van der Waals surface area contributed by atoms with E-state index in [-0.39, 0.29) is 17.4 Å². The molecular formula is C16H27NO2S. The Morgan fingerprint density at radius 2 is 1.80 bits per heavy atom. The van der Waals surface area contributed by atoms with Crippen molar-refractivity contribution < 1.29 is 8.42 Å². The first-order valence-electron chi connectivity index (χ1n) is 7.46. The number of aryl methyl sites for hydroxylation is 1. The lowest BCUT2D eigenvalue weighted by Gasteiger charge is -2.18. The second-order valence-corrected chi connectivity index (χ2v) is 7.81. The Morgan fingerprint density at radius 1 is 1.15 bits per heavy atom. The van der Waals surface area contributed by atoms with E-state index in [9.17, 15) is 8.42 Å². The zero-order valence-electron chi connectivity index (χ0n) is 12.9. The Kier molecular flexibility index (Phi) is 7.24. The molecule has 1 aromatic carbocycles. The van der Waals surface area contributed by atoms with Crippen molar-refractivity contribution in [1.82, 2.24) is 5.32 Å². The molecule has 4 heteroatoms. The molecule has 0 heterocycles. The molecule has 1 unspecified atom stereocenters. The highest BCUT2D eigenvalue weighted by molar-refractivity contribution is 7.91. The third-order valence-corrected chi connectivity index (χ3v) is 5.32. The Labute approximate surface area is 123 Å². The molecule has 0 aromatic heterocycles. The van der Waals surface area contributed by atoms with E-state index in [1.807, 2.05) is 0 Å². The third-order valence-electron chi connectivity index (χ3n) is 3.58. The molecule has 0 saturated carbocycles. The number of sulfone groups is 1. The molecule has 0 aliphatic heterocycles. The van der Waals surface area contributed by atoms with Crippen LogP contribution in [0.25, 0.3) is 0 Å². The van der Waals surface area contributed by atoms with Gasteiger partial charge in [0.1, 0.15) is 9.84 Å². The molecule has 1 N–H and O–H groups in total. The van der Waals surface area contributed by atoms with Crippen LogP contribution in [0.2, 0.25) is 0 Å². The van der Waals surface area contributed by atoms with E-state index in [0.29, 0.717) is 6.42 Å². The van der Waals surface area contributed by atoms with Gasteiger partial charge in [-0.15, -0.1) is 0 Å². The summed E-state index contributed by atoms with van der Waals surface area (Å²) in [6, 6.07) is 8.42. The topological polar surface area (TPSA) is 46.2 Å². The fourth-order valence-electron chi connectivity index (χ4n) is 2.14. The summed E-state index contributed by atoms with van der Waals surface area (Å²) in [5.74, 6) is 0.773. The SMILES string of the molecule is CCCNCC(CCS(=O)(=O)CC)c1ccc(C)cc1. The van der Waals surface area contributed by atoms with E-state index < -0.39 is 9.84 Å². The van der Waals surface area contributed by atoms with E-state index in [0.717, 1.165) is 19.5 Å². The maximum Gasteiger partial charge on any atom is 0.150 e. The van der Waals surface area contributed by atoms with Gasteiger partial charge in [0.2, 0.25) is 0 Å². The molecule has 0 amide bonds. The molecule has 1 atom stereocenters. The summed E-state index contributed by atoms with van der Waals surface area (Å²) >= 11 is 0. The maximum absolute atomic E-state index is 11.7. The largest absolute Gasteiger partial charge is 0.316 e. The normalized spacial score (nSPS) is 13.3.